The Morgan fingerprint density at radius 2 is 1.12 bits per heavy atom. The molecule has 0 aliphatic carbocycles. The number of carbonyl (C=O) groups is 2. The fraction of sp³-hybridized carbons (Fsp3) is 0.0769. The molecule has 0 saturated heterocycles. The number of aromatic hydroxyl groups is 1. The van der Waals surface area contributed by atoms with Gasteiger partial charge in [-0.15, -0.1) is 0 Å². The van der Waals surface area contributed by atoms with E-state index in [1.54, 1.807) is 30.3 Å². The summed E-state index contributed by atoms with van der Waals surface area (Å²) in [7, 11) is 0. The standard InChI is InChI=1S/C24H18O5.C2H6.2Na/c25-22-13-12-19(15-21(22)24(28)29)11-9-17-6-4-16(5-7-17)8-10-18-2-1-3-20(14-18)23(26)27;1-2;;/h1-15,25H,(H,26,27)(H,28,29);1-2H3;;/q;;2*+1/p-2/b10-8+,11-9+;;;. The van der Waals surface area contributed by atoms with Crippen LogP contribution in [0.1, 0.15) is 56.8 Å². The van der Waals surface area contributed by atoms with Crippen molar-refractivity contribution in [2.75, 3.05) is 0 Å². The third kappa shape index (κ3) is 9.72. The summed E-state index contributed by atoms with van der Waals surface area (Å²) in [4.78, 5) is 21.9. The zero-order chi connectivity index (χ0) is 22.8. The number of phenols is 1. The summed E-state index contributed by atoms with van der Waals surface area (Å²) in [5.74, 6) is -2.97. The molecule has 158 valence electrons. The van der Waals surface area contributed by atoms with E-state index < -0.39 is 11.9 Å². The van der Waals surface area contributed by atoms with Crippen LogP contribution in [0.4, 0.5) is 0 Å². The molecular formula is C26H22Na2O5. The number of carboxylic acid groups (broad SMARTS) is 2. The van der Waals surface area contributed by atoms with Gasteiger partial charge in [0.1, 0.15) is 5.75 Å². The molecule has 0 aliphatic rings. The van der Waals surface area contributed by atoms with E-state index >= 15 is 0 Å². The van der Waals surface area contributed by atoms with Crippen molar-refractivity contribution in [2.24, 2.45) is 0 Å². The van der Waals surface area contributed by atoms with Crippen LogP contribution in [0.3, 0.4) is 0 Å². The fourth-order valence-corrected chi connectivity index (χ4v) is 2.69. The van der Waals surface area contributed by atoms with E-state index in [9.17, 15) is 24.9 Å². The molecule has 0 aliphatic heterocycles. The van der Waals surface area contributed by atoms with Crippen molar-refractivity contribution in [1.82, 2.24) is 0 Å². The molecule has 3 aromatic rings. The molecule has 0 radical (unpaired) electrons. The molecule has 1 N–H and O–H groups in total. The second kappa shape index (κ2) is 15.7. The van der Waals surface area contributed by atoms with Crippen molar-refractivity contribution in [3.8, 4) is 5.75 Å². The van der Waals surface area contributed by atoms with Crippen LogP contribution in [0, 0.1) is 0 Å². The number of hydrogen-bond donors (Lipinski definition) is 1. The van der Waals surface area contributed by atoms with Crippen molar-refractivity contribution < 1.29 is 84.0 Å². The molecule has 0 saturated carbocycles. The third-order valence-corrected chi connectivity index (χ3v) is 4.24. The van der Waals surface area contributed by atoms with Crippen molar-refractivity contribution in [2.45, 2.75) is 13.8 Å². The van der Waals surface area contributed by atoms with Gasteiger partial charge in [-0.2, -0.15) is 0 Å². The number of carbonyl (C=O) groups excluding carboxylic acids is 2. The van der Waals surface area contributed by atoms with Gasteiger partial charge in [-0.25, -0.2) is 0 Å². The van der Waals surface area contributed by atoms with Crippen LogP contribution in [-0.4, -0.2) is 17.0 Å². The van der Waals surface area contributed by atoms with E-state index in [2.05, 4.69) is 0 Å². The summed E-state index contributed by atoms with van der Waals surface area (Å²) < 4.78 is 0. The predicted molar refractivity (Wildman–Crippen MR) is 119 cm³/mol. The smallest absolute Gasteiger partial charge is 0.545 e. The Hall–Kier alpha value is -2.12. The minimum atomic E-state index is -1.43. The van der Waals surface area contributed by atoms with Crippen molar-refractivity contribution >= 4 is 36.2 Å². The maximum absolute atomic E-state index is 11.0. The number of aromatic carboxylic acids is 2. The minimum absolute atomic E-state index is 0. The molecule has 0 heterocycles. The summed E-state index contributed by atoms with van der Waals surface area (Å²) in [5, 5.41) is 31.4. The topological polar surface area (TPSA) is 100 Å². The molecule has 3 aromatic carbocycles. The van der Waals surface area contributed by atoms with Gasteiger partial charge in [-0.1, -0.05) is 86.7 Å². The van der Waals surface area contributed by atoms with Gasteiger partial charge in [0.05, 0.1) is 11.9 Å². The van der Waals surface area contributed by atoms with Crippen LogP contribution < -0.4 is 69.3 Å². The number of rotatable bonds is 6. The second-order valence-electron chi connectivity index (χ2n) is 6.31. The quantitative estimate of drug-likeness (QED) is 0.324. The molecule has 7 heteroatoms. The number of benzene rings is 3. The van der Waals surface area contributed by atoms with Crippen LogP contribution in [0.5, 0.6) is 5.75 Å². The number of hydrogen-bond acceptors (Lipinski definition) is 5. The molecule has 33 heavy (non-hydrogen) atoms. The Balaban J connectivity index is 0.00000249. The molecule has 0 fully saturated rings. The molecule has 0 unspecified atom stereocenters. The van der Waals surface area contributed by atoms with E-state index in [4.69, 9.17) is 0 Å². The van der Waals surface area contributed by atoms with Crippen LogP contribution in [0.2, 0.25) is 0 Å². The monoisotopic (exact) mass is 460 g/mol. The first-order valence-corrected chi connectivity index (χ1v) is 9.74. The Morgan fingerprint density at radius 3 is 1.61 bits per heavy atom. The van der Waals surface area contributed by atoms with Gasteiger partial charge < -0.3 is 24.9 Å². The van der Waals surface area contributed by atoms with Crippen LogP contribution in [0.25, 0.3) is 24.3 Å². The van der Waals surface area contributed by atoms with Crippen LogP contribution >= 0.6 is 0 Å². The molecule has 3 rings (SSSR count). The molecule has 0 amide bonds. The first kappa shape index (κ1) is 30.9. The second-order valence-corrected chi connectivity index (χ2v) is 6.31. The van der Waals surface area contributed by atoms with E-state index in [1.165, 1.54) is 18.2 Å². The zero-order valence-corrected chi connectivity index (χ0v) is 23.2. The Labute approximate surface area is 238 Å². The largest absolute Gasteiger partial charge is 1.00 e. The maximum atomic E-state index is 11.0. The van der Waals surface area contributed by atoms with Gasteiger partial charge in [0.25, 0.3) is 0 Å². The first-order valence-electron chi connectivity index (χ1n) is 9.74. The van der Waals surface area contributed by atoms with Gasteiger partial charge in [-0.05, 0) is 46.0 Å². The van der Waals surface area contributed by atoms with Gasteiger partial charge in [-0.3, -0.25) is 0 Å². The summed E-state index contributed by atoms with van der Waals surface area (Å²) in [6.45, 7) is 4.00. The Bertz CT molecular complexity index is 1120. The first-order chi connectivity index (χ1) is 14.9. The molecule has 5 nitrogen and oxygen atoms in total. The molecule has 0 spiro atoms. The average Bonchev–Trinajstić information content (AvgIpc) is 2.79. The predicted octanol–water partition coefficient (Wildman–Crippen LogP) is -2.51. The van der Waals surface area contributed by atoms with Gasteiger partial charge >= 0.3 is 59.1 Å². The summed E-state index contributed by atoms with van der Waals surface area (Å²) in [5.41, 5.74) is 3.10. The van der Waals surface area contributed by atoms with Gasteiger partial charge in [0.15, 0.2) is 0 Å². The van der Waals surface area contributed by atoms with Crippen LogP contribution in [-0.2, 0) is 0 Å². The average molecular weight is 460 g/mol. The van der Waals surface area contributed by atoms with E-state index in [-0.39, 0.29) is 76.0 Å². The molecule has 0 atom stereocenters. The fourth-order valence-electron chi connectivity index (χ4n) is 2.69. The zero-order valence-electron chi connectivity index (χ0n) is 19.2. The Morgan fingerprint density at radius 1 is 0.667 bits per heavy atom. The van der Waals surface area contributed by atoms with E-state index in [0.717, 1.165) is 16.7 Å². The van der Waals surface area contributed by atoms with E-state index in [1.807, 2.05) is 56.3 Å². The third-order valence-electron chi connectivity index (χ3n) is 4.24. The maximum Gasteiger partial charge on any atom is 1.00 e. The van der Waals surface area contributed by atoms with Gasteiger partial charge in [0, 0.05) is 5.56 Å². The van der Waals surface area contributed by atoms with Crippen molar-refractivity contribution in [1.29, 1.82) is 0 Å². The van der Waals surface area contributed by atoms with Crippen LogP contribution in [0.15, 0.2) is 66.7 Å². The molecular weight excluding hydrogens is 438 g/mol. The SMILES string of the molecule is CC.O=C([O-])c1cccc(/C=C/c2ccc(/C=C/c3ccc(O)c(C(=O)[O-])c3)cc2)c1.[Na+].[Na+]. The van der Waals surface area contributed by atoms with E-state index in [0.29, 0.717) is 5.56 Å². The number of carboxylic acids is 2. The molecule has 0 bridgehead atoms. The summed E-state index contributed by atoms with van der Waals surface area (Å²) in [6.07, 6.45) is 7.24. The van der Waals surface area contributed by atoms with Gasteiger partial charge in [0.2, 0.25) is 0 Å². The summed E-state index contributed by atoms with van der Waals surface area (Å²) in [6, 6.07) is 18.4. The van der Waals surface area contributed by atoms with Crippen molar-refractivity contribution in [3.05, 3.63) is 100 Å². The summed E-state index contributed by atoms with van der Waals surface area (Å²) >= 11 is 0. The van der Waals surface area contributed by atoms with Crippen molar-refractivity contribution in [3.63, 3.8) is 0 Å². The minimum Gasteiger partial charge on any atom is -0.545 e. The Kier molecular flexibility index (Phi) is 14.7. The molecule has 0 aromatic heterocycles. The normalized spacial score (nSPS) is 10.0.